The number of aliphatic hydroxyl groups is 6. The highest BCUT2D eigenvalue weighted by Gasteiger charge is 2.74. The number of carboxylic acids is 1. The Labute approximate surface area is 377 Å². The first-order valence-corrected chi connectivity index (χ1v) is 23.5. The number of hydrogen-bond acceptors (Lipinski definition) is 13. The van der Waals surface area contributed by atoms with Crippen molar-refractivity contribution >= 4 is 35.1 Å². The Morgan fingerprint density at radius 3 is 2.33 bits per heavy atom. The van der Waals surface area contributed by atoms with Gasteiger partial charge < -0.3 is 50.0 Å². The minimum Gasteiger partial charge on any atom is -0.481 e. The maximum absolute atomic E-state index is 12.6. The number of Topliss-reactive ketones (excluding diaryl/α,β-unsaturated/α-hetero) is 1. The Morgan fingerprint density at radius 2 is 1.68 bits per heavy atom. The van der Waals surface area contributed by atoms with E-state index in [-0.39, 0.29) is 60.4 Å². The fourth-order valence-corrected chi connectivity index (χ4v) is 12.4. The molecule has 356 valence electrons. The number of ether oxygens (including phenoxy) is 3. The van der Waals surface area contributed by atoms with Crippen molar-refractivity contribution in [2.24, 2.45) is 40.4 Å². The average Bonchev–Trinajstić information content (AvgIpc) is 3.96. The van der Waals surface area contributed by atoms with Crippen LogP contribution in [-0.2, 0) is 33.4 Å². The van der Waals surface area contributed by atoms with Crippen LogP contribution in [0.25, 0.3) is 0 Å². The van der Waals surface area contributed by atoms with Crippen molar-refractivity contribution in [1.29, 1.82) is 0 Å². The molecule has 2 heterocycles. The van der Waals surface area contributed by atoms with Gasteiger partial charge in [-0.05, 0) is 95.1 Å². The summed E-state index contributed by atoms with van der Waals surface area (Å²) in [5.41, 5.74) is -1.54. The lowest BCUT2D eigenvalue weighted by Crippen LogP contribution is -2.69. The number of aliphatic carboxylic acids is 1. The predicted octanol–water partition coefficient (Wildman–Crippen LogP) is 4.76. The zero-order valence-corrected chi connectivity index (χ0v) is 38.7. The third-order valence-electron chi connectivity index (χ3n) is 15.9. The summed E-state index contributed by atoms with van der Waals surface area (Å²) in [5.74, 6) is -2.57. The Kier molecular flexibility index (Phi) is 17.1. The lowest BCUT2D eigenvalue weighted by atomic mass is 9.45. The van der Waals surface area contributed by atoms with Crippen LogP contribution in [0.5, 0.6) is 0 Å². The summed E-state index contributed by atoms with van der Waals surface area (Å²) in [6, 6.07) is 0. The number of alkyl halides is 1. The lowest BCUT2D eigenvalue weighted by molar-refractivity contribution is -0.179. The minimum absolute atomic E-state index is 0.0160. The first kappa shape index (κ1) is 51.5. The van der Waals surface area contributed by atoms with Crippen LogP contribution in [0, 0.1) is 40.4 Å². The molecule has 3 saturated carbocycles. The molecule has 0 aromatic rings. The Morgan fingerprint density at radius 1 is 1.02 bits per heavy atom. The van der Waals surface area contributed by atoms with Gasteiger partial charge in [0.15, 0.2) is 11.6 Å². The van der Waals surface area contributed by atoms with Gasteiger partial charge >= 0.3 is 11.9 Å². The van der Waals surface area contributed by atoms with Gasteiger partial charge in [-0.3, -0.25) is 14.4 Å². The number of ketones is 2. The van der Waals surface area contributed by atoms with Crippen LogP contribution in [0.15, 0.2) is 35.5 Å². The van der Waals surface area contributed by atoms with Crippen LogP contribution in [-0.4, -0.2) is 132 Å². The third kappa shape index (κ3) is 10.5. The molecule has 6 rings (SSSR count). The molecule has 0 bridgehead atoms. The van der Waals surface area contributed by atoms with Crippen LogP contribution in [0.1, 0.15) is 125 Å². The quantitative estimate of drug-likeness (QED) is 0.0323. The van der Waals surface area contributed by atoms with Crippen LogP contribution in [0.3, 0.4) is 0 Å². The second-order valence-electron chi connectivity index (χ2n) is 20.0. The smallest absolute Gasteiger partial charge is 0.330 e. The Balaban J connectivity index is 0.000000242. The van der Waals surface area contributed by atoms with Crippen molar-refractivity contribution in [2.75, 3.05) is 19.8 Å². The van der Waals surface area contributed by atoms with E-state index in [1.165, 1.54) is 12.2 Å². The maximum Gasteiger partial charge on any atom is 0.330 e. The molecule has 6 aliphatic rings. The molecule has 16 atom stereocenters. The lowest BCUT2D eigenvalue weighted by Gasteiger charge is -2.63. The normalized spacial score (nSPS) is 40.3. The molecular formula is C48H73ClO14. The average molecular weight is 910 g/mol. The molecule has 2 saturated heterocycles. The molecule has 0 amide bonds. The number of carbonyl (C=O) groups is 4. The molecule has 0 radical (unpaired) electrons. The Hall–Kier alpha value is -2.53. The van der Waals surface area contributed by atoms with E-state index in [1.807, 2.05) is 33.8 Å². The summed E-state index contributed by atoms with van der Waals surface area (Å²) >= 11 is 7.30. The number of carboxylic acid groups (broad SMARTS) is 1. The molecule has 7 N–H and O–H groups in total. The number of rotatable bonds is 18. The van der Waals surface area contributed by atoms with Crippen LogP contribution >= 0.6 is 11.6 Å². The van der Waals surface area contributed by atoms with Gasteiger partial charge in [-0.2, -0.15) is 0 Å². The van der Waals surface area contributed by atoms with Gasteiger partial charge in [0, 0.05) is 35.2 Å². The van der Waals surface area contributed by atoms with E-state index < -0.39 is 76.2 Å². The number of hydrogen-bond donors (Lipinski definition) is 7. The van der Waals surface area contributed by atoms with E-state index in [0.29, 0.717) is 57.3 Å². The summed E-state index contributed by atoms with van der Waals surface area (Å²) in [6.45, 7) is 11.0. The first-order chi connectivity index (χ1) is 29.6. The van der Waals surface area contributed by atoms with Crippen molar-refractivity contribution in [1.82, 2.24) is 0 Å². The van der Waals surface area contributed by atoms with E-state index in [4.69, 9.17) is 30.9 Å². The second kappa shape index (κ2) is 21.0. The number of fused-ring (bicyclic) bond motifs is 5. The van der Waals surface area contributed by atoms with E-state index in [0.717, 1.165) is 37.7 Å². The van der Waals surface area contributed by atoms with Crippen LogP contribution in [0.2, 0.25) is 0 Å². The first-order valence-electron chi connectivity index (χ1n) is 23.1. The van der Waals surface area contributed by atoms with Gasteiger partial charge in [0.05, 0.1) is 54.7 Å². The highest BCUT2D eigenvalue weighted by atomic mass is 35.5. The minimum atomic E-state index is -1.68. The second-order valence-corrected chi connectivity index (χ2v) is 20.6. The number of aliphatic hydroxyl groups excluding tert-OH is 5. The Bertz CT molecular complexity index is 1750. The third-order valence-corrected chi connectivity index (χ3v) is 16.8. The molecule has 14 nitrogen and oxygen atoms in total. The SMILES string of the molecule is C/C(=C\C(=O)OCCCCCCCCC(=O)O)C[C@@H]1OC[C@H](C[C@@H]2O[C@H]2[C@@H](C)[C@H](C)O)[C@@H](O)[C@H]1O.C[C@H]1C[C@H]2[C@@H]3CCC4=CC(=O)C=C[C@]4(C)[C@@]3(Cl)[C@@H](O)C[C@]2(C)[C@@]1(O)C(=O)CO. The van der Waals surface area contributed by atoms with Crippen molar-refractivity contribution < 1.29 is 69.1 Å². The molecule has 0 aromatic heterocycles. The molecule has 4 aliphatic carbocycles. The highest BCUT2D eigenvalue weighted by Crippen LogP contribution is 2.71. The van der Waals surface area contributed by atoms with E-state index in [9.17, 15) is 49.8 Å². The summed E-state index contributed by atoms with van der Waals surface area (Å²) in [6.07, 6.45) is 10.8. The van der Waals surface area contributed by atoms with Gasteiger partial charge in [-0.25, -0.2) is 4.79 Å². The number of halogens is 1. The number of epoxide rings is 1. The fourth-order valence-electron chi connectivity index (χ4n) is 11.9. The molecule has 15 heteroatoms. The largest absolute Gasteiger partial charge is 0.481 e. The van der Waals surface area contributed by atoms with Gasteiger partial charge in [-0.15, -0.1) is 11.6 Å². The molecule has 2 aliphatic heterocycles. The predicted molar refractivity (Wildman–Crippen MR) is 233 cm³/mol. The molecular weight excluding hydrogens is 836 g/mol. The molecule has 5 fully saturated rings. The van der Waals surface area contributed by atoms with Crippen molar-refractivity contribution in [2.45, 2.75) is 178 Å². The van der Waals surface area contributed by atoms with Gasteiger partial charge in [0.1, 0.15) is 18.3 Å². The van der Waals surface area contributed by atoms with E-state index in [1.54, 1.807) is 19.9 Å². The van der Waals surface area contributed by atoms with Gasteiger partial charge in [-0.1, -0.05) is 70.6 Å². The van der Waals surface area contributed by atoms with Crippen molar-refractivity contribution in [3.8, 4) is 0 Å². The van der Waals surface area contributed by atoms with Crippen LogP contribution in [0.4, 0.5) is 0 Å². The summed E-state index contributed by atoms with van der Waals surface area (Å²) < 4.78 is 16.7. The summed E-state index contributed by atoms with van der Waals surface area (Å²) in [4.78, 5) is 46.0. The molecule has 0 aromatic carbocycles. The maximum atomic E-state index is 12.6. The number of unbranched alkanes of at least 4 members (excludes halogenated alkanes) is 5. The monoisotopic (exact) mass is 908 g/mol. The highest BCUT2D eigenvalue weighted by molar-refractivity contribution is 6.26. The molecule has 63 heavy (non-hydrogen) atoms. The zero-order chi connectivity index (χ0) is 46.7. The van der Waals surface area contributed by atoms with Crippen molar-refractivity contribution in [3.05, 3.63) is 35.5 Å². The molecule has 0 unspecified atom stereocenters. The van der Waals surface area contributed by atoms with Crippen molar-refractivity contribution in [3.63, 3.8) is 0 Å². The number of carbonyl (C=O) groups excluding carboxylic acids is 3. The summed E-state index contributed by atoms with van der Waals surface area (Å²) in [7, 11) is 0. The number of allylic oxidation sites excluding steroid dienone is 4. The topological polar surface area (TPSA) is 241 Å². The zero-order valence-electron chi connectivity index (χ0n) is 37.9. The summed E-state index contributed by atoms with van der Waals surface area (Å²) in [5, 5.41) is 71.8. The molecule has 0 spiro atoms. The number of esters is 1. The van der Waals surface area contributed by atoms with E-state index in [2.05, 4.69) is 0 Å². The van der Waals surface area contributed by atoms with E-state index >= 15 is 0 Å². The van der Waals surface area contributed by atoms with Gasteiger partial charge in [0.25, 0.3) is 0 Å². The van der Waals surface area contributed by atoms with Gasteiger partial charge in [0.2, 0.25) is 0 Å². The fraction of sp³-hybridized carbons (Fsp3) is 0.792. The van der Waals surface area contributed by atoms with Crippen LogP contribution < -0.4 is 0 Å². The standard InChI is InChI=1S/C26H44O9.C22H29ClO5/c1-16(13-23(30)33-11-9-7-5-4-6-8-10-22(28)29)12-20-25(32)24(31)19(15-34-20)14-21-26(35-21)17(2)18(3)27;1-12-8-16-15-5-4-13-9-14(25)6-7-19(13,2)21(15,23)17(26)10-20(16,3)22(12,28)18(27)11-24/h13,17-21,24-27,31-32H,4-12,14-15H2,1-3H3,(H,28,29);6-7,9,12,15-17,24,26,28H,4-5,8,10-11H2,1-3H3/b16-13+;/t17-,18-,19-,20-,21-,24+,25-,26-;12-,15-,16-,17-,19-,20-,21-,22-/m00/s1.